The number of benzene rings is 1. The van der Waals surface area contributed by atoms with Gasteiger partial charge < -0.3 is 19.7 Å². The third-order valence-electron chi connectivity index (χ3n) is 5.08. The largest absolute Gasteiger partial charge is 0.493 e. The van der Waals surface area contributed by atoms with Gasteiger partial charge in [0.1, 0.15) is 6.61 Å². The number of carbonyl (C=O) groups excluding carboxylic acids is 1. The zero-order valence-electron chi connectivity index (χ0n) is 14.9. The van der Waals surface area contributed by atoms with Crippen LogP contribution in [0.1, 0.15) is 36.0 Å². The molecule has 6 heteroatoms. The fraction of sp³-hybridized carbons (Fsp3) is 0.526. The lowest BCUT2D eigenvalue weighted by Gasteiger charge is -2.35. The summed E-state index contributed by atoms with van der Waals surface area (Å²) in [6.45, 7) is 4.04. The van der Waals surface area contributed by atoms with Crippen LogP contribution in [0.3, 0.4) is 0 Å². The molecule has 138 valence electrons. The Morgan fingerprint density at radius 1 is 1.32 bits per heavy atom. The van der Waals surface area contributed by atoms with E-state index in [0.29, 0.717) is 41.8 Å². The monoisotopic (exact) mass is 366 g/mol. The summed E-state index contributed by atoms with van der Waals surface area (Å²) >= 11 is 0. The number of carbonyl (C=O) groups is 1. The van der Waals surface area contributed by atoms with E-state index in [1.165, 1.54) is 12.8 Å². The Kier molecular flexibility index (Phi) is 6.73. The molecule has 2 atom stereocenters. The van der Waals surface area contributed by atoms with Gasteiger partial charge in [-0.2, -0.15) is 0 Å². The van der Waals surface area contributed by atoms with Crippen LogP contribution in [0.5, 0.6) is 11.5 Å². The number of halogens is 1. The molecule has 2 saturated heterocycles. The predicted molar refractivity (Wildman–Crippen MR) is 101 cm³/mol. The fourth-order valence-electron chi connectivity index (χ4n) is 3.78. The SMILES string of the molecule is C=CCOc1ccc(C(=O)N(C)C2CC3CCC(C2)N3)cc1OC.Cl. The zero-order valence-corrected chi connectivity index (χ0v) is 15.7. The lowest BCUT2D eigenvalue weighted by molar-refractivity contribution is 0.0681. The summed E-state index contributed by atoms with van der Waals surface area (Å²) < 4.78 is 10.9. The minimum absolute atomic E-state index is 0. The van der Waals surface area contributed by atoms with Crippen LogP contribution in [0.4, 0.5) is 0 Å². The Labute approximate surface area is 155 Å². The number of ether oxygens (including phenoxy) is 2. The second kappa shape index (κ2) is 8.59. The molecule has 2 heterocycles. The van der Waals surface area contributed by atoms with Crippen LogP contribution in [0.15, 0.2) is 30.9 Å². The van der Waals surface area contributed by atoms with Crippen LogP contribution in [0.2, 0.25) is 0 Å². The van der Waals surface area contributed by atoms with Crippen molar-refractivity contribution in [1.82, 2.24) is 10.2 Å². The van der Waals surface area contributed by atoms with Crippen LogP contribution in [-0.4, -0.2) is 49.7 Å². The van der Waals surface area contributed by atoms with Crippen molar-refractivity contribution in [2.75, 3.05) is 20.8 Å². The summed E-state index contributed by atoms with van der Waals surface area (Å²) in [7, 11) is 3.49. The van der Waals surface area contributed by atoms with Crippen molar-refractivity contribution < 1.29 is 14.3 Å². The molecule has 3 rings (SSSR count). The standard InChI is InChI=1S/C19H26N2O3.ClH/c1-4-9-24-17-8-5-13(10-18(17)23-3)19(22)21(2)16-11-14-6-7-15(12-16)20-14;/h4-5,8,10,14-16,20H,1,6-7,9,11-12H2,2-3H3;1H. The molecule has 1 aromatic rings. The number of hydrogen-bond acceptors (Lipinski definition) is 4. The molecule has 2 aliphatic rings. The van der Waals surface area contributed by atoms with Crippen molar-refractivity contribution in [3.8, 4) is 11.5 Å². The van der Waals surface area contributed by atoms with Gasteiger partial charge in [-0.3, -0.25) is 4.79 Å². The summed E-state index contributed by atoms with van der Waals surface area (Å²) in [5, 5.41) is 3.62. The molecule has 1 aromatic carbocycles. The Bertz CT molecular complexity index is 611. The van der Waals surface area contributed by atoms with E-state index in [9.17, 15) is 4.79 Å². The number of amides is 1. The van der Waals surface area contributed by atoms with E-state index >= 15 is 0 Å². The second-order valence-electron chi connectivity index (χ2n) is 6.64. The highest BCUT2D eigenvalue weighted by Crippen LogP contribution is 2.32. The van der Waals surface area contributed by atoms with Gasteiger partial charge in [0.25, 0.3) is 5.91 Å². The molecule has 1 N–H and O–H groups in total. The van der Waals surface area contributed by atoms with E-state index in [1.807, 2.05) is 11.9 Å². The Morgan fingerprint density at radius 3 is 2.60 bits per heavy atom. The minimum atomic E-state index is 0. The molecular weight excluding hydrogens is 340 g/mol. The number of nitrogens with one attached hydrogen (secondary N) is 1. The van der Waals surface area contributed by atoms with Crippen LogP contribution >= 0.6 is 12.4 Å². The van der Waals surface area contributed by atoms with Gasteiger partial charge in [-0.25, -0.2) is 0 Å². The topological polar surface area (TPSA) is 50.8 Å². The Hall–Kier alpha value is -1.72. The molecule has 2 unspecified atom stereocenters. The second-order valence-corrected chi connectivity index (χ2v) is 6.64. The Balaban J connectivity index is 0.00000225. The normalized spacial score (nSPS) is 24.2. The van der Waals surface area contributed by atoms with Crippen molar-refractivity contribution >= 4 is 18.3 Å². The van der Waals surface area contributed by atoms with Gasteiger partial charge in [0.15, 0.2) is 11.5 Å². The maximum absolute atomic E-state index is 12.9. The van der Waals surface area contributed by atoms with E-state index in [-0.39, 0.29) is 18.3 Å². The fourth-order valence-corrected chi connectivity index (χ4v) is 3.78. The van der Waals surface area contributed by atoms with Gasteiger partial charge in [-0.15, -0.1) is 12.4 Å². The third-order valence-corrected chi connectivity index (χ3v) is 5.08. The highest BCUT2D eigenvalue weighted by atomic mass is 35.5. The molecule has 2 bridgehead atoms. The molecular formula is C19H27ClN2O3. The van der Waals surface area contributed by atoms with Gasteiger partial charge in [0.2, 0.25) is 0 Å². The molecule has 1 amide bonds. The average Bonchev–Trinajstić information content (AvgIpc) is 2.96. The van der Waals surface area contributed by atoms with Gasteiger partial charge >= 0.3 is 0 Å². The van der Waals surface area contributed by atoms with Gasteiger partial charge in [0, 0.05) is 30.7 Å². The van der Waals surface area contributed by atoms with Crippen LogP contribution < -0.4 is 14.8 Å². The van der Waals surface area contributed by atoms with Gasteiger partial charge in [-0.1, -0.05) is 12.7 Å². The highest BCUT2D eigenvalue weighted by Gasteiger charge is 2.36. The van der Waals surface area contributed by atoms with Crippen molar-refractivity contribution in [3.05, 3.63) is 36.4 Å². The number of hydrogen-bond donors (Lipinski definition) is 1. The first-order valence-corrected chi connectivity index (χ1v) is 8.57. The highest BCUT2D eigenvalue weighted by molar-refractivity contribution is 5.95. The number of fused-ring (bicyclic) bond motifs is 2. The summed E-state index contributed by atoms with van der Waals surface area (Å²) in [4.78, 5) is 14.8. The first-order valence-electron chi connectivity index (χ1n) is 8.57. The number of piperidine rings is 1. The summed E-state index contributed by atoms with van der Waals surface area (Å²) in [6, 6.07) is 6.78. The number of methoxy groups -OCH3 is 1. The maximum Gasteiger partial charge on any atom is 0.253 e. The summed E-state index contributed by atoms with van der Waals surface area (Å²) in [5.41, 5.74) is 0.631. The molecule has 2 aliphatic heterocycles. The molecule has 0 aliphatic carbocycles. The maximum atomic E-state index is 12.9. The lowest BCUT2D eigenvalue weighted by Crippen LogP contribution is -2.48. The van der Waals surface area contributed by atoms with Crippen molar-refractivity contribution in [3.63, 3.8) is 0 Å². The quantitative estimate of drug-likeness (QED) is 0.786. The van der Waals surface area contributed by atoms with Crippen molar-refractivity contribution in [1.29, 1.82) is 0 Å². The number of rotatable bonds is 6. The molecule has 5 nitrogen and oxygen atoms in total. The zero-order chi connectivity index (χ0) is 17.1. The minimum Gasteiger partial charge on any atom is -0.493 e. The van der Waals surface area contributed by atoms with E-state index in [2.05, 4.69) is 11.9 Å². The lowest BCUT2D eigenvalue weighted by atomic mass is 9.98. The van der Waals surface area contributed by atoms with Gasteiger partial charge in [0.05, 0.1) is 7.11 Å². The Morgan fingerprint density at radius 2 is 2.00 bits per heavy atom. The predicted octanol–water partition coefficient (Wildman–Crippen LogP) is 3.04. The molecule has 2 fully saturated rings. The molecule has 0 aromatic heterocycles. The summed E-state index contributed by atoms with van der Waals surface area (Å²) in [5.74, 6) is 1.23. The third kappa shape index (κ3) is 4.28. The molecule has 0 radical (unpaired) electrons. The van der Waals surface area contributed by atoms with E-state index in [0.717, 1.165) is 12.8 Å². The van der Waals surface area contributed by atoms with E-state index in [4.69, 9.17) is 9.47 Å². The first kappa shape index (κ1) is 19.6. The van der Waals surface area contributed by atoms with E-state index < -0.39 is 0 Å². The average molecular weight is 367 g/mol. The smallest absolute Gasteiger partial charge is 0.253 e. The van der Waals surface area contributed by atoms with Crippen molar-refractivity contribution in [2.45, 2.75) is 43.8 Å². The van der Waals surface area contributed by atoms with Crippen LogP contribution in [-0.2, 0) is 0 Å². The van der Waals surface area contributed by atoms with Crippen LogP contribution in [0.25, 0.3) is 0 Å². The van der Waals surface area contributed by atoms with Crippen molar-refractivity contribution in [2.24, 2.45) is 0 Å². The molecule has 25 heavy (non-hydrogen) atoms. The summed E-state index contributed by atoms with van der Waals surface area (Å²) in [6.07, 6.45) is 6.21. The first-order chi connectivity index (χ1) is 11.6. The van der Waals surface area contributed by atoms with Gasteiger partial charge in [-0.05, 0) is 43.9 Å². The van der Waals surface area contributed by atoms with Crippen LogP contribution in [0, 0.1) is 0 Å². The van der Waals surface area contributed by atoms with E-state index in [1.54, 1.807) is 31.4 Å². The molecule has 0 spiro atoms. The molecule has 0 saturated carbocycles. The number of nitrogens with zero attached hydrogens (tertiary/aromatic N) is 1.